The summed E-state index contributed by atoms with van der Waals surface area (Å²) in [6, 6.07) is 0.596. The van der Waals surface area contributed by atoms with E-state index in [1.54, 1.807) is 0 Å². The fourth-order valence-corrected chi connectivity index (χ4v) is 6.77. The molecule has 4 fully saturated rings. The Morgan fingerprint density at radius 2 is 1.84 bits per heavy atom. The molecule has 0 aromatic heterocycles. The second-order valence-corrected chi connectivity index (χ2v) is 11.8. The molecule has 0 spiro atoms. The minimum absolute atomic E-state index is 0.217. The quantitative estimate of drug-likeness (QED) is 0.471. The molecule has 2 aliphatic carbocycles. The van der Waals surface area contributed by atoms with Gasteiger partial charge >= 0.3 is 5.97 Å². The van der Waals surface area contributed by atoms with Gasteiger partial charge in [0, 0.05) is 44.1 Å². The van der Waals surface area contributed by atoms with Crippen LogP contribution in [0.25, 0.3) is 0 Å². The summed E-state index contributed by atoms with van der Waals surface area (Å²) in [6.45, 7) is 7.12. The van der Waals surface area contributed by atoms with Crippen molar-refractivity contribution in [2.45, 2.75) is 94.8 Å². The van der Waals surface area contributed by atoms with Crippen LogP contribution in [0.4, 0.5) is 0 Å². The Hall–Kier alpha value is -0.400. The van der Waals surface area contributed by atoms with Gasteiger partial charge in [0.2, 0.25) is 0 Å². The molecule has 0 bridgehead atoms. The van der Waals surface area contributed by atoms with Crippen LogP contribution < -0.4 is 10.6 Å². The molecular weight excluding hydrogens is 426 g/mol. The molecule has 2 saturated carbocycles. The number of ether oxygens (including phenoxy) is 1. The Morgan fingerprint density at radius 1 is 1.09 bits per heavy atom. The summed E-state index contributed by atoms with van der Waals surface area (Å²) in [7, 11) is 0. The Labute approximate surface area is 199 Å². The molecule has 4 atom stereocenters. The summed E-state index contributed by atoms with van der Waals surface area (Å²) < 4.78 is 6.32. The first-order valence-corrected chi connectivity index (χ1v) is 13.6. The number of likely N-dealkylation sites (tertiary alicyclic amines) is 1. The van der Waals surface area contributed by atoms with Crippen LogP contribution in [-0.4, -0.2) is 72.5 Å². The number of hydrogen-bond donors (Lipinski definition) is 3. The SMILES string of the molecule is CC(CC(=O)O)CN1CCC2NC(C3CCC(OCC4CCC(Cl)CC4)CC3)NCC2C1. The number of carbonyl (C=O) groups is 1. The van der Waals surface area contributed by atoms with Crippen LogP contribution in [0.3, 0.4) is 0 Å². The molecule has 184 valence electrons. The predicted octanol–water partition coefficient (Wildman–Crippen LogP) is 3.68. The lowest BCUT2D eigenvalue weighted by molar-refractivity contribution is -0.138. The summed E-state index contributed by atoms with van der Waals surface area (Å²) in [6.07, 6.45) is 12.0. The van der Waals surface area contributed by atoms with E-state index in [0.717, 1.165) is 51.5 Å². The molecule has 2 heterocycles. The van der Waals surface area contributed by atoms with E-state index in [0.29, 0.717) is 35.5 Å². The average molecular weight is 470 g/mol. The van der Waals surface area contributed by atoms with E-state index in [2.05, 4.69) is 22.5 Å². The van der Waals surface area contributed by atoms with E-state index in [1.165, 1.54) is 44.9 Å². The zero-order chi connectivity index (χ0) is 22.5. The van der Waals surface area contributed by atoms with Gasteiger partial charge in [0.25, 0.3) is 0 Å². The third-order valence-corrected chi connectivity index (χ3v) is 8.88. The van der Waals surface area contributed by atoms with Gasteiger partial charge in [-0.25, -0.2) is 0 Å². The average Bonchev–Trinajstić information content (AvgIpc) is 2.78. The number of carboxylic acid groups (broad SMARTS) is 1. The Kier molecular flexibility index (Phi) is 9.14. The normalized spacial score (nSPS) is 39.9. The first-order chi connectivity index (χ1) is 15.5. The Bertz CT molecular complexity index is 593. The van der Waals surface area contributed by atoms with Crippen molar-refractivity contribution < 1.29 is 14.6 Å². The fraction of sp³-hybridized carbons (Fsp3) is 0.960. The monoisotopic (exact) mass is 469 g/mol. The largest absolute Gasteiger partial charge is 0.481 e. The fourth-order valence-electron chi connectivity index (χ4n) is 6.52. The van der Waals surface area contributed by atoms with Gasteiger partial charge in [0.05, 0.1) is 12.3 Å². The second-order valence-electron chi connectivity index (χ2n) is 11.2. The van der Waals surface area contributed by atoms with Crippen molar-refractivity contribution in [3.8, 4) is 0 Å². The lowest BCUT2D eigenvalue weighted by Crippen LogP contribution is -2.65. The highest BCUT2D eigenvalue weighted by atomic mass is 35.5. The molecular formula is C25H44ClN3O3. The molecule has 0 aromatic rings. The van der Waals surface area contributed by atoms with E-state index in [1.807, 2.05) is 0 Å². The molecule has 0 radical (unpaired) electrons. The summed E-state index contributed by atoms with van der Waals surface area (Å²) in [5.74, 6) is 1.58. The number of hydrogen-bond acceptors (Lipinski definition) is 5. The summed E-state index contributed by atoms with van der Waals surface area (Å²) in [5, 5.41) is 17.2. The number of piperidine rings is 1. The van der Waals surface area contributed by atoms with Crippen molar-refractivity contribution in [1.29, 1.82) is 0 Å². The molecule has 0 amide bonds. The number of carboxylic acids is 1. The molecule has 2 saturated heterocycles. The predicted molar refractivity (Wildman–Crippen MR) is 128 cm³/mol. The van der Waals surface area contributed by atoms with Crippen LogP contribution in [0.1, 0.15) is 71.1 Å². The van der Waals surface area contributed by atoms with E-state index >= 15 is 0 Å². The standard InChI is InChI=1S/C25H44ClN3O3/c1-17(12-24(30)31)14-29-11-10-23-20(15-29)13-27-25(28-23)19-4-8-22(9-5-19)32-16-18-2-6-21(26)7-3-18/h17-23,25,27-28H,2-16H2,1H3,(H,30,31). The summed E-state index contributed by atoms with van der Waals surface area (Å²) in [4.78, 5) is 13.4. The van der Waals surface area contributed by atoms with E-state index < -0.39 is 5.97 Å². The van der Waals surface area contributed by atoms with E-state index in [4.69, 9.17) is 21.4 Å². The molecule has 7 heteroatoms. The zero-order valence-corrected chi connectivity index (χ0v) is 20.6. The van der Waals surface area contributed by atoms with Gasteiger partial charge in [0.15, 0.2) is 0 Å². The van der Waals surface area contributed by atoms with E-state index in [9.17, 15) is 4.79 Å². The van der Waals surface area contributed by atoms with Gasteiger partial charge in [-0.2, -0.15) is 0 Å². The molecule has 4 rings (SSSR count). The van der Waals surface area contributed by atoms with E-state index in [-0.39, 0.29) is 12.3 Å². The third-order valence-electron chi connectivity index (χ3n) is 8.44. The Morgan fingerprint density at radius 3 is 2.56 bits per heavy atom. The number of aliphatic carboxylic acids is 1. The first kappa shape index (κ1) is 24.7. The van der Waals surface area contributed by atoms with Crippen molar-refractivity contribution in [2.75, 3.05) is 32.8 Å². The number of halogens is 1. The van der Waals surface area contributed by atoms with Crippen molar-refractivity contribution in [3.05, 3.63) is 0 Å². The first-order valence-electron chi connectivity index (χ1n) is 13.2. The van der Waals surface area contributed by atoms with Gasteiger partial charge in [-0.15, -0.1) is 11.6 Å². The molecule has 4 unspecified atom stereocenters. The third kappa shape index (κ3) is 7.05. The molecule has 32 heavy (non-hydrogen) atoms. The minimum atomic E-state index is -0.685. The van der Waals surface area contributed by atoms with Gasteiger partial charge < -0.3 is 20.1 Å². The Balaban J connectivity index is 1.13. The number of fused-ring (bicyclic) bond motifs is 1. The summed E-state index contributed by atoms with van der Waals surface area (Å²) >= 11 is 6.23. The zero-order valence-electron chi connectivity index (χ0n) is 19.8. The maximum Gasteiger partial charge on any atom is 0.303 e. The van der Waals surface area contributed by atoms with Crippen LogP contribution in [0.15, 0.2) is 0 Å². The summed E-state index contributed by atoms with van der Waals surface area (Å²) in [5.41, 5.74) is 0. The highest BCUT2D eigenvalue weighted by Gasteiger charge is 2.38. The maximum absolute atomic E-state index is 11.0. The number of nitrogens with zero attached hydrogens (tertiary/aromatic N) is 1. The maximum atomic E-state index is 11.0. The van der Waals surface area contributed by atoms with Crippen molar-refractivity contribution in [3.63, 3.8) is 0 Å². The molecule has 3 N–H and O–H groups in total. The number of nitrogens with one attached hydrogen (secondary N) is 2. The van der Waals surface area contributed by atoms with Crippen molar-refractivity contribution in [1.82, 2.24) is 15.5 Å². The highest BCUT2D eigenvalue weighted by molar-refractivity contribution is 6.20. The molecule has 2 aliphatic heterocycles. The van der Waals surface area contributed by atoms with Crippen LogP contribution in [0.2, 0.25) is 0 Å². The van der Waals surface area contributed by atoms with Gasteiger partial charge in [-0.05, 0) is 88.0 Å². The van der Waals surface area contributed by atoms with Crippen LogP contribution >= 0.6 is 11.6 Å². The lowest BCUT2D eigenvalue weighted by Gasteiger charge is -2.48. The van der Waals surface area contributed by atoms with Crippen molar-refractivity contribution in [2.24, 2.45) is 23.7 Å². The van der Waals surface area contributed by atoms with Crippen molar-refractivity contribution >= 4 is 17.6 Å². The molecule has 0 aromatic carbocycles. The van der Waals surface area contributed by atoms with Crippen LogP contribution in [0, 0.1) is 23.7 Å². The van der Waals surface area contributed by atoms with Gasteiger partial charge in [-0.3, -0.25) is 10.1 Å². The van der Waals surface area contributed by atoms with Gasteiger partial charge in [0.1, 0.15) is 0 Å². The van der Waals surface area contributed by atoms with Crippen LogP contribution in [0.5, 0.6) is 0 Å². The van der Waals surface area contributed by atoms with Gasteiger partial charge in [-0.1, -0.05) is 6.92 Å². The molecule has 4 aliphatic rings. The lowest BCUT2D eigenvalue weighted by atomic mass is 9.81. The molecule has 6 nitrogen and oxygen atoms in total. The highest BCUT2D eigenvalue weighted by Crippen LogP contribution is 2.33. The number of rotatable bonds is 8. The second kappa shape index (κ2) is 11.8. The topological polar surface area (TPSA) is 73.8 Å². The van der Waals surface area contributed by atoms with Crippen LogP contribution in [-0.2, 0) is 9.53 Å². The number of alkyl halides is 1. The smallest absolute Gasteiger partial charge is 0.303 e. The minimum Gasteiger partial charge on any atom is -0.481 e.